The molecule has 2 aromatic carbocycles. The van der Waals surface area contributed by atoms with Crippen LogP contribution >= 0.6 is 0 Å². The molecule has 29 heavy (non-hydrogen) atoms. The van der Waals surface area contributed by atoms with Crippen molar-refractivity contribution in [2.75, 3.05) is 5.32 Å². The first-order valence-electron chi connectivity index (χ1n) is 8.89. The maximum atomic E-state index is 12.2. The Morgan fingerprint density at radius 3 is 2.76 bits per heavy atom. The summed E-state index contributed by atoms with van der Waals surface area (Å²) in [6.07, 6.45) is 3.43. The summed E-state index contributed by atoms with van der Waals surface area (Å²) in [7, 11) is 0. The molecule has 0 aliphatic carbocycles. The van der Waals surface area contributed by atoms with Crippen molar-refractivity contribution in [3.8, 4) is 11.4 Å². The van der Waals surface area contributed by atoms with Crippen LogP contribution in [0.1, 0.15) is 18.2 Å². The first-order chi connectivity index (χ1) is 13.9. The van der Waals surface area contributed by atoms with Crippen LogP contribution in [0.2, 0.25) is 0 Å². The van der Waals surface area contributed by atoms with Crippen LogP contribution < -0.4 is 10.9 Å². The number of aromatic nitrogens is 2. The Bertz CT molecular complexity index is 1150. The minimum absolute atomic E-state index is 0.0453. The van der Waals surface area contributed by atoms with Gasteiger partial charge in [-0.1, -0.05) is 31.2 Å². The van der Waals surface area contributed by atoms with Gasteiger partial charge in [0.05, 0.1) is 4.92 Å². The summed E-state index contributed by atoms with van der Waals surface area (Å²) in [6, 6.07) is 14.4. The number of carbonyl (C=O) groups excluding carboxylic acids is 1. The summed E-state index contributed by atoms with van der Waals surface area (Å²) in [4.78, 5) is 41.4. The molecule has 0 aliphatic rings. The molecule has 146 valence electrons. The van der Waals surface area contributed by atoms with Gasteiger partial charge in [-0.15, -0.1) is 0 Å². The Morgan fingerprint density at radius 2 is 2.00 bits per heavy atom. The molecule has 3 rings (SSSR count). The van der Waals surface area contributed by atoms with Crippen LogP contribution in [0.25, 0.3) is 17.5 Å². The molecule has 8 heteroatoms. The molecule has 8 nitrogen and oxygen atoms in total. The second kappa shape index (κ2) is 8.75. The van der Waals surface area contributed by atoms with E-state index in [-0.39, 0.29) is 11.2 Å². The van der Waals surface area contributed by atoms with Crippen molar-refractivity contribution >= 4 is 23.4 Å². The number of nitro groups is 1. The Balaban J connectivity index is 1.76. The minimum Gasteiger partial charge on any atom is -0.322 e. The number of anilines is 1. The number of carbonyl (C=O) groups is 1. The van der Waals surface area contributed by atoms with E-state index >= 15 is 0 Å². The van der Waals surface area contributed by atoms with Gasteiger partial charge in [-0.05, 0) is 30.2 Å². The second-order valence-corrected chi connectivity index (χ2v) is 6.19. The van der Waals surface area contributed by atoms with Gasteiger partial charge in [0.1, 0.15) is 5.82 Å². The predicted octanol–water partition coefficient (Wildman–Crippen LogP) is 3.56. The molecule has 0 atom stereocenters. The van der Waals surface area contributed by atoms with E-state index in [1.165, 1.54) is 30.4 Å². The lowest BCUT2D eigenvalue weighted by atomic mass is 10.1. The third kappa shape index (κ3) is 5.23. The van der Waals surface area contributed by atoms with Crippen molar-refractivity contribution in [2.45, 2.75) is 13.3 Å². The Labute approximate surface area is 166 Å². The Morgan fingerprint density at radius 1 is 1.21 bits per heavy atom. The van der Waals surface area contributed by atoms with Crippen LogP contribution in [0, 0.1) is 10.1 Å². The predicted molar refractivity (Wildman–Crippen MR) is 110 cm³/mol. The fourth-order valence-corrected chi connectivity index (χ4v) is 2.67. The molecular formula is C21H18N4O4. The molecule has 0 saturated heterocycles. The standard InChI is InChI=1S/C21H18N4O4/c1-2-16-13-20(27)24-21(23-16)15-6-4-7-17(12-15)22-19(26)10-9-14-5-3-8-18(11-14)25(28)29/h3-13H,2H2,1H3,(H,22,26)(H,23,24,27)/b10-9+. The summed E-state index contributed by atoms with van der Waals surface area (Å²) in [5.74, 6) is 0.0370. The van der Waals surface area contributed by atoms with Gasteiger partial charge in [-0.2, -0.15) is 0 Å². The topological polar surface area (TPSA) is 118 Å². The monoisotopic (exact) mass is 390 g/mol. The number of nitro benzene ring substituents is 1. The second-order valence-electron chi connectivity index (χ2n) is 6.19. The maximum absolute atomic E-state index is 12.2. The Hall–Kier alpha value is -4.07. The molecule has 0 fully saturated rings. The number of non-ortho nitro benzene ring substituents is 1. The summed E-state index contributed by atoms with van der Waals surface area (Å²) in [6.45, 7) is 1.91. The van der Waals surface area contributed by atoms with E-state index in [0.29, 0.717) is 34.8 Å². The average molecular weight is 390 g/mol. The third-order valence-electron chi connectivity index (χ3n) is 4.07. The highest BCUT2D eigenvalue weighted by Crippen LogP contribution is 2.19. The fraction of sp³-hybridized carbons (Fsp3) is 0.0952. The normalized spacial score (nSPS) is 10.8. The molecule has 0 aliphatic heterocycles. The molecule has 1 aromatic heterocycles. The highest BCUT2D eigenvalue weighted by atomic mass is 16.6. The van der Waals surface area contributed by atoms with E-state index in [9.17, 15) is 19.7 Å². The van der Waals surface area contributed by atoms with E-state index < -0.39 is 10.8 Å². The van der Waals surface area contributed by atoms with Crippen LogP contribution in [0.5, 0.6) is 0 Å². The number of rotatable bonds is 6. The highest BCUT2D eigenvalue weighted by molar-refractivity contribution is 6.02. The van der Waals surface area contributed by atoms with E-state index in [1.54, 1.807) is 36.4 Å². The van der Waals surface area contributed by atoms with Gasteiger partial charge in [0, 0.05) is 41.2 Å². The van der Waals surface area contributed by atoms with Crippen molar-refractivity contribution in [1.82, 2.24) is 9.97 Å². The number of aryl methyl sites for hydroxylation is 1. The largest absolute Gasteiger partial charge is 0.322 e. The quantitative estimate of drug-likeness (QED) is 0.379. The summed E-state index contributed by atoms with van der Waals surface area (Å²) in [5, 5.41) is 13.5. The van der Waals surface area contributed by atoms with Gasteiger partial charge in [0.25, 0.3) is 11.2 Å². The van der Waals surface area contributed by atoms with Crippen molar-refractivity contribution in [1.29, 1.82) is 0 Å². The van der Waals surface area contributed by atoms with Crippen LogP contribution in [0.4, 0.5) is 11.4 Å². The van der Waals surface area contributed by atoms with Gasteiger partial charge in [-0.3, -0.25) is 19.7 Å². The number of amides is 1. The summed E-state index contributed by atoms with van der Waals surface area (Å²) >= 11 is 0. The van der Waals surface area contributed by atoms with Crippen molar-refractivity contribution in [3.63, 3.8) is 0 Å². The van der Waals surface area contributed by atoms with E-state index in [0.717, 1.165) is 0 Å². The zero-order valence-electron chi connectivity index (χ0n) is 15.6. The molecule has 2 N–H and O–H groups in total. The smallest absolute Gasteiger partial charge is 0.270 e. The number of aromatic amines is 1. The number of nitrogens with one attached hydrogen (secondary N) is 2. The van der Waals surface area contributed by atoms with Crippen LogP contribution in [0.15, 0.2) is 65.5 Å². The van der Waals surface area contributed by atoms with Crippen LogP contribution in [-0.4, -0.2) is 20.8 Å². The molecule has 1 heterocycles. The Kier molecular flexibility index (Phi) is 5.94. The summed E-state index contributed by atoms with van der Waals surface area (Å²) < 4.78 is 0. The minimum atomic E-state index is -0.491. The lowest BCUT2D eigenvalue weighted by Crippen LogP contribution is -2.10. The zero-order chi connectivity index (χ0) is 20.8. The lowest BCUT2D eigenvalue weighted by molar-refractivity contribution is -0.384. The van der Waals surface area contributed by atoms with Crippen molar-refractivity contribution < 1.29 is 9.72 Å². The number of hydrogen-bond donors (Lipinski definition) is 2. The third-order valence-corrected chi connectivity index (χ3v) is 4.07. The first kappa shape index (κ1) is 19.7. The average Bonchev–Trinajstić information content (AvgIpc) is 2.72. The maximum Gasteiger partial charge on any atom is 0.270 e. The molecular weight excluding hydrogens is 372 g/mol. The molecule has 1 amide bonds. The fourth-order valence-electron chi connectivity index (χ4n) is 2.67. The van der Waals surface area contributed by atoms with Crippen molar-refractivity contribution in [2.24, 2.45) is 0 Å². The van der Waals surface area contributed by atoms with Crippen molar-refractivity contribution in [3.05, 3.63) is 92.4 Å². The van der Waals surface area contributed by atoms with Gasteiger partial charge in [-0.25, -0.2) is 4.98 Å². The van der Waals surface area contributed by atoms with Crippen LogP contribution in [0.3, 0.4) is 0 Å². The molecule has 0 radical (unpaired) electrons. The molecule has 3 aromatic rings. The van der Waals surface area contributed by atoms with Gasteiger partial charge < -0.3 is 10.3 Å². The molecule has 0 bridgehead atoms. The van der Waals surface area contributed by atoms with E-state index in [4.69, 9.17) is 0 Å². The molecule has 0 saturated carbocycles. The first-order valence-corrected chi connectivity index (χ1v) is 8.89. The van der Waals surface area contributed by atoms with Gasteiger partial charge >= 0.3 is 0 Å². The SMILES string of the molecule is CCc1cc(=O)[nH]c(-c2cccc(NC(=O)/C=C/c3cccc([N+](=O)[O-])c3)c2)n1. The zero-order valence-corrected chi connectivity index (χ0v) is 15.6. The van der Waals surface area contributed by atoms with Gasteiger partial charge in [0.15, 0.2) is 0 Å². The number of H-pyrrole nitrogens is 1. The van der Waals surface area contributed by atoms with E-state index in [1.807, 2.05) is 6.92 Å². The summed E-state index contributed by atoms with van der Waals surface area (Å²) in [5.41, 5.74) is 2.13. The lowest BCUT2D eigenvalue weighted by Gasteiger charge is -2.06. The number of benzene rings is 2. The highest BCUT2D eigenvalue weighted by Gasteiger charge is 2.07. The number of nitrogens with zero attached hydrogens (tertiary/aromatic N) is 2. The van der Waals surface area contributed by atoms with E-state index in [2.05, 4.69) is 15.3 Å². The van der Waals surface area contributed by atoms with Crippen LogP contribution in [-0.2, 0) is 11.2 Å². The molecule has 0 unspecified atom stereocenters. The van der Waals surface area contributed by atoms with Gasteiger partial charge in [0.2, 0.25) is 5.91 Å². The number of hydrogen-bond acceptors (Lipinski definition) is 5. The molecule has 0 spiro atoms.